The van der Waals surface area contributed by atoms with Crippen LogP contribution < -0.4 is 5.73 Å². The normalized spacial score (nSPS) is 10.7. The Morgan fingerprint density at radius 2 is 2.06 bits per heavy atom. The molecule has 5 heteroatoms. The molecule has 2 nitrogen and oxygen atoms in total. The van der Waals surface area contributed by atoms with E-state index < -0.39 is 0 Å². The van der Waals surface area contributed by atoms with Crippen LogP contribution in [-0.2, 0) is 6.42 Å². The molecular weight excluding hydrogens is 263 g/mol. The summed E-state index contributed by atoms with van der Waals surface area (Å²) >= 11 is 13.3. The summed E-state index contributed by atoms with van der Waals surface area (Å²) in [5.41, 5.74) is 7.74. The van der Waals surface area contributed by atoms with Crippen LogP contribution in [0.15, 0.2) is 18.2 Å². The highest BCUT2D eigenvalue weighted by Gasteiger charge is 2.07. The molecule has 0 fully saturated rings. The molecule has 0 saturated heterocycles. The van der Waals surface area contributed by atoms with E-state index in [0.717, 1.165) is 22.6 Å². The minimum absolute atomic E-state index is 0.575. The Bertz CT molecular complexity index is 523. The highest BCUT2D eigenvalue weighted by atomic mass is 35.5. The number of rotatable bonds is 2. The van der Waals surface area contributed by atoms with Crippen LogP contribution in [0.3, 0.4) is 0 Å². The Hall–Kier alpha value is -0.770. The van der Waals surface area contributed by atoms with Gasteiger partial charge in [-0.15, -0.1) is 11.3 Å². The molecular formula is C11H10Cl2N2S. The van der Waals surface area contributed by atoms with E-state index in [1.54, 1.807) is 6.07 Å². The number of aryl methyl sites for hydroxylation is 1. The minimum atomic E-state index is 0.575. The number of hydrogen-bond donors (Lipinski definition) is 1. The largest absolute Gasteiger partial charge is 0.375 e. The van der Waals surface area contributed by atoms with Crippen LogP contribution >= 0.6 is 34.5 Å². The highest BCUT2D eigenvalue weighted by Crippen LogP contribution is 2.27. The monoisotopic (exact) mass is 272 g/mol. The first-order chi connectivity index (χ1) is 7.56. The summed E-state index contributed by atoms with van der Waals surface area (Å²) in [4.78, 5) is 5.35. The van der Waals surface area contributed by atoms with Crippen LogP contribution in [0.4, 0.5) is 5.13 Å². The van der Waals surface area contributed by atoms with Crippen molar-refractivity contribution in [3.63, 3.8) is 0 Å². The van der Waals surface area contributed by atoms with Crippen molar-refractivity contribution in [2.45, 2.75) is 13.3 Å². The SMILES string of the molecule is Cc1nc(N)sc1Cc1ccc(Cl)c(Cl)c1. The number of nitrogens with two attached hydrogens (primary N) is 1. The van der Waals surface area contributed by atoms with Gasteiger partial charge in [0, 0.05) is 11.3 Å². The summed E-state index contributed by atoms with van der Waals surface area (Å²) in [6.45, 7) is 1.96. The molecule has 2 rings (SSSR count). The van der Waals surface area contributed by atoms with E-state index in [-0.39, 0.29) is 0 Å². The zero-order valence-electron chi connectivity index (χ0n) is 8.63. The first-order valence-corrected chi connectivity index (χ1v) is 6.29. The van der Waals surface area contributed by atoms with Gasteiger partial charge < -0.3 is 5.73 Å². The van der Waals surface area contributed by atoms with Crippen molar-refractivity contribution in [1.29, 1.82) is 0 Å². The molecule has 2 aromatic rings. The number of thiazole rings is 1. The number of nitrogen functional groups attached to an aromatic ring is 1. The lowest BCUT2D eigenvalue weighted by molar-refractivity contribution is 1.15. The van der Waals surface area contributed by atoms with Crippen LogP contribution in [0.2, 0.25) is 10.0 Å². The van der Waals surface area contributed by atoms with Gasteiger partial charge in [-0.3, -0.25) is 0 Å². The number of benzene rings is 1. The Morgan fingerprint density at radius 3 is 2.62 bits per heavy atom. The van der Waals surface area contributed by atoms with E-state index in [4.69, 9.17) is 28.9 Å². The van der Waals surface area contributed by atoms with Crippen LogP contribution in [0.5, 0.6) is 0 Å². The Labute approximate surface area is 108 Å². The number of nitrogens with zero attached hydrogens (tertiary/aromatic N) is 1. The molecule has 0 saturated carbocycles. The molecule has 1 heterocycles. The van der Waals surface area contributed by atoms with Gasteiger partial charge in [0.15, 0.2) is 5.13 Å². The van der Waals surface area contributed by atoms with Gasteiger partial charge in [-0.25, -0.2) is 4.98 Å². The molecule has 1 aromatic carbocycles. The Balaban J connectivity index is 2.27. The van der Waals surface area contributed by atoms with E-state index in [1.807, 2.05) is 19.1 Å². The maximum absolute atomic E-state index is 5.96. The molecule has 0 unspecified atom stereocenters. The van der Waals surface area contributed by atoms with E-state index in [2.05, 4.69) is 4.98 Å². The van der Waals surface area contributed by atoms with Gasteiger partial charge in [0.05, 0.1) is 15.7 Å². The number of anilines is 1. The van der Waals surface area contributed by atoms with Gasteiger partial charge in [-0.05, 0) is 24.6 Å². The Kier molecular flexibility index (Phi) is 3.38. The van der Waals surface area contributed by atoms with Crippen LogP contribution in [0.25, 0.3) is 0 Å². The third kappa shape index (κ3) is 2.48. The zero-order chi connectivity index (χ0) is 11.7. The summed E-state index contributed by atoms with van der Waals surface area (Å²) in [5, 5.41) is 1.76. The molecule has 0 radical (unpaired) electrons. The topological polar surface area (TPSA) is 38.9 Å². The summed E-state index contributed by atoms with van der Waals surface area (Å²) in [6.07, 6.45) is 0.789. The summed E-state index contributed by atoms with van der Waals surface area (Å²) in [5.74, 6) is 0. The molecule has 0 aliphatic carbocycles. The predicted octanol–water partition coefficient (Wildman–Crippen LogP) is 3.93. The van der Waals surface area contributed by atoms with Crippen molar-refractivity contribution in [1.82, 2.24) is 4.98 Å². The fourth-order valence-corrected chi connectivity index (χ4v) is 2.64. The van der Waals surface area contributed by atoms with Gasteiger partial charge >= 0.3 is 0 Å². The number of aromatic nitrogens is 1. The lowest BCUT2D eigenvalue weighted by Gasteiger charge is -2.01. The third-order valence-electron chi connectivity index (χ3n) is 2.26. The molecule has 0 spiro atoms. The van der Waals surface area contributed by atoms with Crippen molar-refractivity contribution in [3.8, 4) is 0 Å². The number of halogens is 2. The van der Waals surface area contributed by atoms with Gasteiger partial charge in [-0.1, -0.05) is 29.3 Å². The molecule has 1 aromatic heterocycles. The van der Waals surface area contributed by atoms with Gasteiger partial charge in [0.2, 0.25) is 0 Å². The molecule has 84 valence electrons. The van der Waals surface area contributed by atoms with Crippen molar-refractivity contribution in [3.05, 3.63) is 44.4 Å². The third-order valence-corrected chi connectivity index (χ3v) is 3.98. The minimum Gasteiger partial charge on any atom is -0.375 e. The molecule has 2 N–H and O–H groups in total. The molecule has 0 aliphatic heterocycles. The summed E-state index contributed by atoms with van der Waals surface area (Å²) < 4.78 is 0. The zero-order valence-corrected chi connectivity index (χ0v) is 11.0. The maximum atomic E-state index is 5.96. The van der Waals surface area contributed by atoms with Crippen molar-refractivity contribution in [2.24, 2.45) is 0 Å². The lowest BCUT2D eigenvalue weighted by atomic mass is 10.1. The van der Waals surface area contributed by atoms with E-state index >= 15 is 0 Å². The molecule has 0 aliphatic rings. The van der Waals surface area contributed by atoms with Crippen LogP contribution in [0.1, 0.15) is 16.1 Å². The van der Waals surface area contributed by atoms with E-state index in [0.29, 0.717) is 15.2 Å². The molecule has 0 amide bonds. The molecule has 0 atom stereocenters. The van der Waals surface area contributed by atoms with Crippen molar-refractivity contribution in [2.75, 3.05) is 5.73 Å². The predicted molar refractivity (Wildman–Crippen MR) is 70.5 cm³/mol. The average Bonchev–Trinajstić information content (AvgIpc) is 2.51. The second-order valence-corrected chi connectivity index (χ2v) is 5.42. The Morgan fingerprint density at radius 1 is 1.31 bits per heavy atom. The molecule has 0 bridgehead atoms. The quantitative estimate of drug-likeness (QED) is 0.900. The van der Waals surface area contributed by atoms with Crippen molar-refractivity contribution < 1.29 is 0 Å². The van der Waals surface area contributed by atoms with Crippen LogP contribution in [-0.4, -0.2) is 4.98 Å². The van der Waals surface area contributed by atoms with Gasteiger partial charge in [0.1, 0.15) is 0 Å². The van der Waals surface area contributed by atoms with Gasteiger partial charge in [-0.2, -0.15) is 0 Å². The van der Waals surface area contributed by atoms with Crippen LogP contribution in [0, 0.1) is 6.92 Å². The summed E-state index contributed by atoms with van der Waals surface area (Å²) in [6, 6.07) is 5.64. The van der Waals surface area contributed by atoms with Gasteiger partial charge in [0.25, 0.3) is 0 Å². The lowest BCUT2D eigenvalue weighted by Crippen LogP contribution is -1.88. The smallest absolute Gasteiger partial charge is 0.180 e. The fourth-order valence-electron chi connectivity index (χ4n) is 1.45. The fraction of sp³-hybridized carbons (Fsp3) is 0.182. The second-order valence-electron chi connectivity index (χ2n) is 3.49. The molecule has 16 heavy (non-hydrogen) atoms. The first kappa shape index (κ1) is 11.7. The standard InChI is InChI=1S/C11H10Cl2N2S/c1-6-10(16-11(14)15-6)5-7-2-3-8(12)9(13)4-7/h2-4H,5H2,1H3,(H2,14,15). The van der Waals surface area contributed by atoms with E-state index in [9.17, 15) is 0 Å². The maximum Gasteiger partial charge on any atom is 0.180 e. The van der Waals surface area contributed by atoms with Crippen molar-refractivity contribution >= 4 is 39.7 Å². The number of hydrogen-bond acceptors (Lipinski definition) is 3. The second kappa shape index (κ2) is 4.62. The average molecular weight is 273 g/mol. The summed E-state index contributed by atoms with van der Waals surface area (Å²) in [7, 11) is 0. The van der Waals surface area contributed by atoms with E-state index in [1.165, 1.54) is 11.3 Å². The first-order valence-electron chi connectivity index (χ1n) is 4.72. The highest BCUT2D eigenvalue weighted by molar-refractivity contribution is 7.15.